The quantitative estimate of drug-likeness (QED) is 0.415. The molecule has 0 aliphatic carbocycles. The van der Waals surface area contributed by atoms with Gasteiger partial charge in [0.25, 0.3) is 0 Å². The summed E-state index contributed by atoms with van der Waals surface area (Å²) < 4.78 is 0. The molecule has 2 heteroatoms. The van der Waals surface area contributed by atoms with Crippen molar-refractivity contribution in [2.45, 2.75) is 26.4 Å². The lowest BCUT2D eigenvalue weighted by Crippen LogP contribution is -2.47. The highest BCUT2D eigenvalue weighted by Gasteiger charge is 2.28. The molecule has 0 bridgehead atoms. The largest absolute Gasteiger partial charge is 0.306 e. The summed E-state index contributed by atoms with van der Waals surface area (Å²) >= 11 is 0. The Morgan fingerprint density at radius 1 is 0.633 bits per heavy atom. The smallest absolute Gasteiger partial charge is 0.117 e. The summed E-state index contributed by atoms with van der Waals surface area (Å²) in [6, 6.07) is 31.3. The van der Waals surface area contributed by atoms with E-state index in [1.54, 1.807) is 0 Å². The Morgan fingerprint density at radius 2 is 1.33 bits per heavy atom. The molecule has 0 atom stereocenters. The first kappa shape index (κ1) is 20.1. The zero-order valence-corrected chi connectivity index (χ0v) is 17.8. The predicted molar refractivity (Wildman–Crippen MR) is 127 cm³/mol. The van der Waals surface area contributed by atoms with Gasteiger partial charge < -0.3 is 11.5 Å². The van der Waals surface area contributed by atoms with Crippen molar-refractivity contribution in [2.24, 2.45) is 11.5 Å². The summed E-state index contributed by atoms with van der Waals surface area (Å²) in [6.45, 7) is 6.41. The number of hydrogen-bond donors (Lipinski definition) is 2. The number of hydrogen-bond acceptors (Lipinski definition) is 2. The molecular formula is C28H28N2. The molecule has 0 radical (unpaired) electrons. The van der Waals surface area contributed by atoms with Gasteiger partial charge in [-0.05, 0) is 65.3 Å². The highest BCUT2D eigenvalue weighted by atomic mass is 15.0. The number of rotatable bonds is 4. The molecular weight excluding hydrogens is 364 g/mol. The van der Waals surface area contributed by atoms with Crippen molar-refractivity contribution in [3.8, 4) is 22.3 Å². The van der Waals surface area contributed by atoms with Crippen LogP contribution in [0.3, 0.4) is 0 Å². The van der Waals surface area contributed by atoms with Gasteiger partial charge in [-0.15, -0.1) is 0 Å². The van der Waals surface area contributed by atoms with Crippen LogP contribution in [0.25, 0.3) is 22.3 Å². The van der Waals surface area contributed by atoms with Crippen molar-refractivity contribution in [3.05, 3.63) is 119 Å². The number of aryl methyl sites for hydroxylation is 2. The van der Waals surface area contributed by atoms with Crippen molar-refractivity contribution in [1.29, 1.82) is 0 Å². The molecule has 0 aromatic heterocycles. The Labute approximate surface area is 179 Å². The van der Waals surface area contributed by atoms with E-state index in [-0.39, 0.29) is 0 Å². The highest BCUT2D eigenvalue weighted by Crippen LogP contribution is 2.40. The van der Waals surface area contributed by atoms with Crippen molar-refractivity contribution in [2.75, 3.05) is 0 Å². The molecule has 0 aliphatic rings. The van der Waals surface area contributed by atoms with Gasteiger partial charge in [-0.2, -0.15) is 0 Å². The van der Waals surface area contributed by atoms with E-state index in [2.05, 4.69) is 81.4 Å². The molecule has 4 aromatic carbocycles. The van der Waals surface area contributed by atoms with Crippen LogP contribution in [-0.4, -0.2) is 0 Å². The van der Waals surface area contributed by atoms with E-state index in [0.29, 0.717) is 0 Å². The molecule has 4 rings (SSSR count). The molecule has 0 aliphatic heterocycles. The average Bonchev–Trinajstić information content (AvgIpc) is 2.74. The van der Waals surface area contributed by atoms with E-state index < -0.39 is 5.66 Å². The first-order valence-corrected chi connectivity index (χ1v) is 10.3. The summed E-state index contributed by atoms with van der Waals surface area (Å²) in [7, 11) is 0. The van der Waals surface area contributed by atoms with Gasteiger partial charge in [0.1, 0.15) is 5.66 Å². The van der Waals surface area contributed by atoms with E-state index in [1.165, 1.54) is 33.4 Å². The topological polar surface area (TPSA) is 52.0 Å². The molecule has 0 unspecified atom stereocenters. The Morgan fingerprint density at radius 3 is 2.03 bits per heavy atom. The van der Waals surface area contributed by atoms with E-state index in [4.69, 9.17) is 11.5 Å². The summed E-state index contributed by atoms with van der Waals surface area (Å²) in [4.78, 5) is 0. The minimum absolute atomic E-state index is 0.895. The van der Waals surface area contributed by atoms with Gasteiger partial charge in [0.15, 0.2) is 0 Å². The third-order valence-electron chi connectivity index (χ3n) is 5.91. The second kappa shape index (κ2) is 7.91. The first-order chi connectivity index (χ1) is 14.4. The van der Waals surface area contributed by atoms with Crippen LogP contribution >= 0.6 is 0 Å². The van der Waals surface area contributed by atoms with Crippen LogP contribution in [0.2, 0.25) is 0 Å². The third-order valence-corrected chi connectivity index (χ3v) is 5.91. The second-order valence-electron chi connectivity index (χ2n) is 8.08. The van der Waals surface area contributed by atoms with E-state index >= 15 is 0 Å². The average molecular weight is 393 g/mol. The van der Waals surface area contributed by atoms with Crippen LogP contribution in [0.15, 0.2) is 91.0 Å². The molecule has 2 nitrogen and oxygen atoms in total. The molecule has 4 N–H and O–H groups in total. The fourth-order valence-electron chi connectivity index (χ4n) is 4.28. The number of benzene rings is 4. The van der Waals surface area contributed by atoms with Crippen LogP contribution in [0.4, 0.5) is 0 Å². The maximum atomic E-state index is 6.74. The van der Waals surface area contributed by atoms with Gasteiger partial charge in [0, 0.05) is 0 Å². The maximum Gasteiger partial charge on any atom is 0.117 e. The van der Waals surface area contributed by atoms with Gasteiger partial charge in [-0.25, -0.2) is 0 Å². The predicted octanol–water partition coefficient (Wildman–Crippen LogP) is 6.06. The minimum Gasteiger partial charge on any atom is -0.306 e. The van der Waals surface area contributed by atoms with Gasteiger partial charge in [-0.3, -0.25) is 0 Å². The Balaban J connectivity index is 2.01. The second-order valence-corrected chi connectivity index (χ2v) is 8.08. The van der Waals surface area contributed by atoms with Crippen molar-refractivity contribution in [3.63, 3.8) is 0 Å². The lowest BCUT2D eigenvalue weighted by atomic mass is 9.81. The SMILES string of the molecule is Cc1cccc(-c2ccc(C(N)(N)c3ccccc3)c(C)c2-c2ccccc2C)c1. The highest BCUT2D eigenvalue weighted by molar-refractivity contribution is 5.88. The standard InChI is InChI=1S/C28H28N2/c1-19-10-9-12-22(18-19)25-16-17-26(28(29,30)23-13-5-4-6-14-23)21(3)27(25)24-15-8-7-11-20(24)2/h4-18H,29-30H2,1-3H3. The fraction of sp³-hybridized carbons (Fsp3) is 0.143. The van der Waals surface area contributed by atoms with E-state index in [0.717, 1.165) is 16.7 Å². The Kier molecular flexibility index (Phi) is 5.29. The van der Waals surface area contributed by atoms with Crippen LogP contribution in [0.1, 0.15) is 27.8 Å². The Hall–Kier alpha value is -3.20. The molecule has 4 aromatic rings. The normalized spacial score (nSPS) is 11.5. The zero-order chi connectivity index (χ0) is 21.3. The maximum absolute atomic E-state index is 6.74. The van der Waals surface area contributed by atoms with Crippen LogP contribution in [0.5, 0.6) is 0 Å². The van der Waals surface area contributed by atoms with Crippen LogP contribution in [-0.2, 0) is 5.66 Å². The number of nitrogens with two attached hydrogens (primary N) is 2. The van der Waals surface area contributed by atoms with Gasteiger partial charge in [0.05, 0.1) is 0 Å². The summed E-state index contributed by atoms with van der Waals surface area (Å²) in [6.07, 6.45) is 0. The van der Waals surface area contributed by atoms with E-state index in [9.17, 15) is 0 Å². The summed E-state index contributed by atoms with van der Waals surface area (Å²) in [5.74, 6) is 0. The van der Waals surface area contributed by atoms with Crippen molar-refractivity contribution >= 4 is 0 Å². The van der Waals surface area contributed by atoms with Crippen LogP contribution in [0, 0.1) is 20.8 Å². The molecule has 150 valence electrons. The first-order valence-electron chi connectivity index (χ1n) is 10.3. The minimum atomic E-state index is -1.08. The summed E-state index contributed by atoms with van der Waals surface area (Å²) in [5.41, 5.74) is 22.6. The molecule has 30 heavy (non-hydrogen) atoms. The molecule has 0 amide bonds. The monoisotopic (exact) mass is 392 g/mol. The molecule has 0 fully saturated rings. The van der Waals surface area contributed by atoms with E-state index in [1.807, 2.05) is 30.3 Å². The zero-order valence-electron chi connectivity index (χ0n) is 17.8. The van der Waals surface area contributed by atoms with Gasteiger partial charge >= 0.3 is 0 Å². The molecule has 0 saturated heterocycles. The fourth-order valence-corrected chi connectivity index (χ4v) is 4.28. The van der Waals surface area contributed by atoms with Gasteiger partial charge in [0.2, 0.25) is 0 Å². The Bertz CT molecular complexity index is 1190. The lowest BCUT2D eigenvalue weighted by Gasteiger charge is -2.30. The summed E-state index contributed by atoms with van der Waals surface area (Å²) in [5, 5.41) is 0. The lowest BCUT2D eigenvalue weighted by molar-refractivity contribution is 0.564. The van der Waals surface area contributed by atoms with Crippen molar-refractivity contribution < 1.29 is 0 Å². The van der Waals surface area contributed by atoms with Crippen LogP contribution < -0.4 is 11.5 Å². The third kappa shape index (κ3) is 3.56. The van der Waals surface area contributed by atoms with Gasteiger partial charge in [-0.1, -0.05) is 96.6 Å². The molecule has 0 heterocycles. The molecule has 0 saturated carbocycles. The molecule has 0 spiro atoms. The van der Waals surface area contributed by atoms with Crippen molar-refractivity contribution in [1.82, 2.24) is 0 Å².